The van der Waals surface area contributed by atoms with Gasteiger partial charge in [-0.2, -0.15) is 11.8 Å². The fraction of sp³-hybridized carbons (Fsp3) is 0.500. The Morgan fingerprint density at radius 1 is 1.38 bits per heavy atom. The van der Waals surface area contributed by atoms with Crippen molar-refractivity contribution in [1.82, 2.24) is 5.32 Å². The van der Waals surface area contributed by atoms with E-state index in [1.807, 2.05) is 30.0 Å². The van der Waals surface area contributed by atoms with Crippen LogP contribution < -0.4 is 10.2 Å². The average molecular weight is 306 g/mol. The number of hydrogen-bond donors (Lipinski definition) is 1. The Morgan fingerprint density at radius 3 is 2.90 bits per heavy atom. The lowest BCUT2D eigenvalue weighted by atomic mass is 10.1. The topological polar surface area (TPSA) is 49.4 Å². The smallest absolute Gasteiger partial charge is 0.216 e. The summed E-state index contributed by atoms with van der Waals surface area (Å²) < 4.78 is 0. The van der Waals surface area contributed by atoms with Crippen molar-refractivity contribution in [3.63, 3.8) is 0 Å². The van der Waals surface area contributed by atoms with Crippen molar-refractivity contribution < 1.29 is 9.59 Å². The highest BCUT2D eigenvalue weighted by atomic mass is 32.2. The molecular weight excluding hydrogens is 284 g/mol. The van der Waals surface area contributed by atoms with Gasteiger partial charge in [0.05, 0.1) is 0 Å². The van der Waals surface area contributed by atoms with Gasteiger partial charge in [0.15, 0.2) is 5.78 Å². The number of anilines is 1. The molecule has 1 amide bonds. The second-order valence-electron chi connectivity index (χ2n) is 5.32. The average Bonchev–Trinajstić information content (AvgIpc) is 2.92. The molecular formula is C16H22N2O2S. The van der Waals surface area contributed by atoms with Gasteiger partial charge in [-0.3, -0.25) is 9.59 Å². The van der Waals surface area contributed by atoms with Crippen molar-refractivity contribution in [2.45, 2.75) is 25.5 Å². The number of thioether (sulfide) groups is 1. The molecule has 0 radical (unpaired) electrons. The van der Waals surface area contributed by atoms with Crippen molar-refractivity contribution in [3.8, 4) is 0 Å². The fourth-order valence-electron chi connectivity index (χ4n) is 2.47. The molecule has 1 aliphatic heterocycles. The van der Waals surface area contributed by atoms with Crippen LogP contribution in [0.25, 0.3) is 0 Å². The van der Waals surface area contributed by atoms with Crippen LogP contribution in [0.2, 0.25) is 0 Å². The molecule has 0 saturated carbocycles. The Morgan fingerprint density at radius 2 is 2.19 bits per heavy atom. The summed E-state index contributed by atoms with van der Waals surface area (Å²) in [4.78, 5) is 24.6. The summed E-state index contributed by atoms with van der Waals surface area (Å²) in [5.74, 6) is 1.09. The standard InChI is InChI=1S/C16H22N2O2S/c1-12(19)14-4-3-5-15(10-14)18-8-6-16(11-18)21-9-7-17-13(2)20/h3-5,10,16H,6-9,11H2,1-2H3,(H,17,20). The van der Waals surface area contributed by atoms with E-state index in [9.17, 15) is 9.59 Å². The van der Waals surface area contributed by atoms with Gasteiger partial charge in [-0.25, -0.2) is 0 Å². The van der Waals surface area contributed by atoms with E-state index in [2.05, 4.69) is 16.3 Å². The van der Waals surface area contributed by atoms with Gasteiger partial charge in [-0.05, 0) is 25.5 Å². The third-order valence-electron chi connectivity index (χ3n) is 3.59. The first-order valence-electron chi connectivity index (χ1n) is 7.28. The van der Waals surface area contributed by atoms with Crippen LogP contribution in [0.1, 0.15) is 30.6 Å². The molecule has 114 valence electrons. The fourth-order valence-corrected chi connectivity index (χ4v) is 3.58. The first kappa shape index (κ1) is 15.9. The van der Waals surface area contributed by atoms with Crippen LogP contribution >= 0.6 is 11.8 Å². The quantitative estimate of drug-likeness (QED) is 0.647. The predicted molar refractivity (Wildman–Crippen MR) is 88.2 cm³/mol. The molecule has 0 spiro atoms. The van der Waals surface area contributed by atoms with Crippen LogP contribution in [0.4, 0.5) is 5.69 Å². The summed E-state index contributed by atoms with van der Waals surface area (Å²) in [6, 6.07) is 7.86. The van der Waals surface area contributed by atoms with Gasteiger partial charge in [0.1, 0.15) is 0 Å². The van der Waals surface area contributed by atoms with Crippen LogP contribution in [-0.4, -0.2) is 42.3 Å². The monoisotopic (exact) mass is 306 g/mol. The molecule has 1 saturated heterocycles. The summed E-state index contributed by atoms with van der Waals surface area (Å²) in [6.07, 6.45) is 1.15. The highest BCUT2D eigenvalue weighted by Gasteiger charge is 2.23. The van der Waals surface area contributed by atoms with E-state index in [4.69, 9.17) is 0 Å². The number of Topliss-reactive ketones (excluding diaryl/α,β-unsaturated/α-hetero) is 1. The Labute approximate surface area is 130 Å². The lowest BCUT2D eigenvalue weighted by Gasteiger charge is -2.19. The molecule has 1 aromatic carbocycles. The first-order chi connectivity index (χ1) is 10.1. The molecule has 1 unspecified atom stereocenters. The highest BCUT2D eigenvalue weighted by molar-refractivity contribution is 7.99. The number of hydrogen-bond acceptors (Lipinski definition) is 4. The van der Waals surface area contributed by atoms with Gasteiger partial charge in [-0.15, -0.1) is 0 Å². The second kappa shape index (κ2) is 7.50. The molecule has 2 rings (SSSR count). The van der Waals surface area contributed by atoms with Gasteiger partial charge >= 0.3 is 0 Å². The largest absolute Gasteiger partial charge is 0.370 e. The summed E-state index contributed by atoms with van der Waals surface area (Å²) >= 11 is 1.91. The molecule has 0 aromatic heterocycles. The molecule has 5 heteroatoms. The highest BCUT2D eigenvalue weighted by Crippen LogP contribution is 2.27. The summed E-state index contributed by atoms with van der Waals surface area (Å²) in [5.41, 5.74) is 1.90. The van der Waals surface area contributed by atoms with E-state index >= 15 is 0 Å². The zero-order valence-corrected chi connectivity index (χ0v) is 13.4. The summed E-state index contributed by atoms with van der Waals surface area (Å²) in [7, 11) is 0. The number of nitrogens with zero attached hydrogens (tertiary/aromatic N) is 1. The SMILES string of the molecule is CC(=O)NCCSC1CCN(c2cccc(C(C)=O)c2)C1. The van der Waals surface area contributed by atoms with E-state index in [1.54, 1.807) is 13.8 Å². The Kier molecular flexibility index (Phi) is 5.67. The molecule has 1 fully saturated rings. The zero-order valence-electron chi connectivity index (χ0n) is 12.6. The number of nitrogens with one attached hydrogen (secondary N) is 1. The minimum Gasteiger partial charge on any atom is -0.370 e. The van der Waals surface area contributed by atoms with E-state index in [-0.39, 0.29) is 11.7 Å². The number of carbonyl (C=O) groups is 2. The zero-order chi connectivity index (χ0) is 15.2. The van der Waals surface area contributed by atoms with Crippen LogP contribution in [0.5, 0.6) is 0 Å². The molecule has 1 heterocycles. The van der Waals surface area contributed by atoms with Gasteiger partial charge in [0.25, 0.3) is 0 Å². The molecule has 4 nitrogen and oxygen atoms in total. The first-order valence-corrected chi connectivity index (χ1v) is 8.33. The van der Waals surface area contributed by atoms with E-state index in [0.717, 1.165) is 43.1 Å². The predicted octanol–water partition coefficient (Wildman–Crippen LogP) is 2.34. The minimum absolute atomic E-state index is 0.0321. The van der Waals surface area contributed by atoms with Crippen molar-refractivity contribution in [2.24, 2.45) is 0 Å². The van der Waals surface area contributed by atoms with Crippen molar-refractivity contribution >= 4 is 29.1 Å². The summed E-state index contributed by atoms with van der Waals surface area (Å²) in [5, 5.41) is 3.42. The van der Waals surface area contributed by atoms with Gasteiger partial charge in [0.2, 0.25) is 5.91 Å². The second-order valence-corrected chi connectivity index (χ2v) is 6.73. The van der Waals surface area contributed by atoms with Crippen molar-refractivity contribution in [1.29, 1.82) is 0 Å². The van der Waals surface area contributed by atoms with Gasteiger partial charge in [-0.1, -0.05) is 12.1 Å². The van der Waals surface area contributed by atoms with E-state index in [1.165, 1.54) is 0 Å². The minimum atomic E-state index is 0.0321. The maximum atomic E-state index is 11.4. The number of amides is 1. The maximum absolute atomic E-state index is 11.4. The van der Waals surface area contributed by atoms with Gasteiger partial charge < -0.3 is 10.2 Å². The molecule has 21 heavy (non-hydrogen) atoms. The molecule has 0 aliphatic carbocycles. The number of rotatable bonds is 6. The van der Waals surface area contributed by atoms with Crippen LogP contribution in [0.15, 0.2) is 24.3 Å². The summed E-state index contributed by atoms with van der Waals surface area (Å²) in [6.45, 7) is 5.91. The number of benzene rings is 1. The normalized spacial score (nSPS) is 17.8. The van der Waals surface area contributed by atoms with Crippen LogP contribution in [0, 0.1) is 0 Å². The molecule has 1 N–H and O–H groups in total. The molecule has 1 atom stereocenters. The van der Waals surface area contributed by atoms with Gasteiger partial charge in [0, 0.05) is 48.8 Å². The molecule has 1 aliphatic rings. The lowest BCUT2D eigenvalue weighted by Crippen LogP contribution is -2.24. The van der Waals surface area contributed by atoms with Crippen LogP contribution in [-0.2, 0) is 4.79 Å². The third-order valence-corrected chi connectivity index (χ3v) is 4.89. The Bertz CT molecular complexity index is 519. The number of carbonyl (C=O) groups excluding carboxylic acids is 2. The maximum Gasteiger partial charge on any atom is 0.216 e. The Balaban J connectivity index is 1.83. The van der Waals surface area contributed by atoms with E-state index in [0.29, 0.717) is 5.25 Å². The number of ketones is 1. The van der Waals surface area contributed by atoms with Crippen molar-refractivity contribution in [3.05, 3.63) is 29.8 Å². The van der Waals surface area contributed by atoms with Crippen molar-refractivity contribution in [2.75, 3.05) is 30.3 Å². The van der Waals surface area contributed by atoms with Crippen LogP contribution in [0.3, 0.4) is 0 Å². The lowest BCUT2D eigenvalue weighted by molar-refractivity contribution is -0.118. The Hall–Kier alpha value is -1.49. The van der Waals surface area contributed by atoms with E-state index < -0.39 is 0 Å². The molecule has 0 bridgehead atoms. The molecule has 1 aromatic rings. The third kappa shape index (κ3) is 4.77.